The first-order chi connectivity index (χ1) is 8.70. The third kappa shape index (κ3) is 1.65. The standard InChI is InChI=1S/C13H9ClN2OS/c1-8-2-3-10(14)9(6-8)12-11(7-17)16-4-5-18-13(16)15-12/h2-7H,1H3. The average Bonchev–Trinajstić information content (AvgIpc) is 2.91. The molecule has 0 unspecified atom stereocenters. The molecule has 0 saturated heterocycles. The molecule has 5 heteroatoms. The van der Waals surface area contributed by atoms with Crippen LogP contribution in [0.15, 0.2) is 29.8 Å². The van der Waals surface area contributed by atoms with Gasteiger partial charge >= 0.3 is 0 Å². The minimum atomic E-state index is 0.541. The van der Waals surface area contributed by atoms with Crippen molar-refractivity contribution in [2.75, 3.05) is 0 Å². The molecule has 0 fully saturated rings. The summed E-state index contributed by atoms with van der Waals surface area (Å²) < 4.78 is 1.78. The molecule has 2 heterocycles. The molecule has 0 spiro atoms. The first kappa shape index (κ1) is 11.4. The molecular weight excluding hydrogens is 268 g/mol. The molecule has 0 saturated carbocycles. The van der Waals surface area contributed by atoms with Crippen LogP contribution < -0.4 is 0 Å². The topological polar surface area (TPSA) is 34.4 Å². The molecule has 0 radical (unpaired) electrons. The number of halogens is 1. The number of aldehydes is 1. The second-order valence-electron chi connectivity index (χ2n) is 4.00. The SMILES string of the molecule is Cc1ccc(Cl)c(-c2nc3sccn3c2C=O)c1. The number of hydrogen-bond acceptors (Lipinski definition) is 3. The van der Waals surface area contributed by atoms with Gasteiger partial charge in [0.05, 0.1) is 5.02 Å². The molecule has 0 aliphatic heterocycles. The lowest BCUT2D eigenvalue weighted by Gasteiger charge is -2.03. The highest BCUT2D eigenvalue weighted by atomic mass is 35.5. The number of rotatable bonds is 2. The predicted octanol–water partition coefficient (Wildman–Crippen LogP) is 3.84. The van der Waals surface area contributed by atoms with Gasteiger partial charge in [-0.15, -0.1) is 11.3 Å². The summed E-state index contributed by atoms with van der Waals surface area (Å²) in [6.07, 6.45) is 2.66. The van der Waals surface area contributed by atoms with Crippen LogP contribution in [0.1, 0.15) is 16.1 Å². The van der Waals surface area contributed by atoms with Crippen LogP contribution in [0.4, 0.5) is 0 Å². The summed E-state index contributed by atoms with van der Waals surface area (Å²) in [5, 5.41) is 2.51. The van der Waals surface area contributed by atoms with E-state index in [2.05, 4.69) is 4.98 Å². The monoisotopic (exact) mass is 276 g/mol. The Bertz CT molecular complexity index is 745. The number of aromatic nitrogens is 2. The van der Waals surface area contributed by atoms with Crippen LogP contribution in [0.5, 0.6) is 0 Å². The second kappa shape index (κ2) is 4.23. The zero-order valence-corrected chi connectivity index (χ0v) is 11.1. The van der Waals surface area contributed by atoms with Crippen LogP contribution in [0.25, 0.3) is 16.2 Å². The fourth-order valence-corrected chi connectivity index (χ4v) is 2.86. The Kier molecular flexibility index (Phi) is 2.69. The molecular formula is C13H9ClN2OS. The van der Waals surface area contributed by atoms with Crippen LogP contribution in [0.3, 0.4) is 0 Å². The average molecular weight is 277 g/mol. The largest absolute Gasteiger partial charge is 0.296 e. The first-order valence-electron chi connectivity index (χ1n) is 5.38. The number of nitrogens with zero attached hydrogens (tertiary/aromatic N) is 2. The van der Waals surface area contributed by atoms with Crippen molar-refractivity contribution in [1.82, 2.24) is 9.38 Å². The van der Waals surface area contributed by atoms with E-state index in [1.807, 2.05) is 36.7 Å². The molecule has 1 aromatic carbocycles. The number of imidazole rings is 1. The summed E-state index contributed by atoms with van der Waals surface area (Å²) in [5.41, 5.74) is 3.07. The maximum Gasteiger partial charge on any atom is 0.194 e. The Morgan fingerprint density at radius 3 is 3.06 bits per heavy atom. The summed E-state index contributed by atoms with van der Waals surface area (Å²) in [4.78, 5) is 16.5. The Labute approximate surface area is 113 Å². The second-order valence-corrected chi connectivity index (χ2v) is 5.28. The molecule has 3 rings (SSSR count). The van der Waals surface area contributed by atoms with Crippen LogP contribution in [0, 0.1) is 6.92 Å². The number of thiazole rings is 1. The fourth-order valence-electron chi connectivity index (χ4n) is 1.93. The van der Waals surface area contributed by atoms with Crippen LogP contribution in [-0.2, 0) is 0 Å². The molecule has 0 amide bonds. The summed E-state index contributed by atoms with van der Waals surface area (Å²) in [6.45, 7) is 1.98. The highest BCUT2D eigenvalue weighted by Crippen LogP contribution is 2.31. The van der Waals surface area contributed by atoms with E-state index in [1.54, 1.807) is 4.40 Å². The van der Waals surface area contributed by atoms with Crippen molar-refractivity contribution in [2.45, 2.75) is 6.92 Å². The highest BCUT2D eigenvalue weighted by Gasteiger charge is 2.16. The molecule has 3 aromatic rings. The van der Waals surface area contributed by atoms with Gasteiger partial charge in [0.15, 0.2) is 11.2 Å². The Morgan fingerprint density at radius 1 is 1.44 bits per heavy atom. The van der Waals surface area contributed by atoms with Gasteiger partial charge in [0.25, 0.3) is 0 Å². The van der Waals surface area contributed by atoms with Gasteiger partial charge < -0.3 is 0 Å². The van der Waals surface area contributed by atoms with Crippen molar-refractivity contribution < 1.29 is 4.79 Å². The highest BCUT2D eigenvalue weighted by molar-refractivity contribution is 7.15. The van der Waals surface area contributed by atoms with Gasteiger partial charge in [0.2, 0.25) is 0 Å². The molecule has 2 aromatic heterocycles. The number of aryl methyl sites for hydroxylation is 1. The number of carbonyl (C=O) groups excluding carboxylic acids is 1. The third-order valence-corrected chi connectivity index (χ3v) is 3.87. The van der Waals surface area contributed by atoms with Crippen molar-refractivity contribution in [1.29, 1.82) is 0 Å². The third-order valence-electron chi connectivity index (χ3n) is 2.79. The number of hydrogen-bond donors (Lipinski definition) is 0. The minimum Gasteiger partial charge on any atom is -0.296 e. The quantitative estimate of drug-likeness (QED) is 0.667. The maximum atomic E-state index is 11.3. The Morgan fingerprint density at radius 2 is 2.28 bits per heavy atom. The van der Waals surface area contributed by atoms with Crippen LogP contribution >= 0.6 is 22.9 Å². The van der Waals surface area contributed by atoms with Gasteiger partial charge in [-0.25, -0.2) is 4.98 Å². The van der Waals surface area contributed by atoms with E-state index in [4.69, 9.17) is 11.6 Å². The number of fused-ring (bicyclic) bond motifs is 1. The molecule has 0 atom stereocenters. The van der Waals surface area contributed by atoms with Gasteiger partial charge in [-0.05, 0) is 19.1 Å². The molecule has 18 heavy (non-hydrogen) atoms. The Balaban J connectivity index is 2.33. The summed E-state index contributed by atoms with van der Waals surface area (Å²) >= 11 is 7.68. The first-order valence-corrected chi connectivity index (χ1v) is 6.63. The summed E-state index contributed by atoms with van der Waals surface area (Å²) in [7, 11) is 0. The van der Waals surface area contributed by atoms with E-state index in [0.717, 1.165) is 22.4 Å². The fraction of sp³-hybridized carbons (Fsp3) is 0.0769. The van der Waals surface area contributed by atoms with Gasteiger partial charge in [-0.2, -0.15) is 0 Å². The zero-order chi connectivity index (χ0) is 12.7. The van der Waals surface area contributed by atoms with E-state index in [-0.39, 0.29) is 0 Å². The van der Waals surface area contributed by atoms with Crippen molar-refractivity contribution in [2.24, 2.45) is 0 Å². The number of benzene rings is 1. The maximum absolute atomic E-state index is 11.3. The van der Waals surface area contributed by atoms with Crippen LogP contribution in [0.2, 0.25) is 5.02 Å². The lowest BCUT2D eigenvalue weighted by Crippen LogP contribution is -1.91. The van der Waals surface area contributed by atoms with Gasteiger partial charge in [0.1, 0.15) is 11.4 Å². The molecule has 3 nitrogen and oxygen atoms in total. The summed E-state index contributed by atoms with van der Waals surface area (Å²) in [6, 6.07) is 5.71. The van der Waals surface area contributed by atoms with E-state index in [9.17, 15) is 4.79 Å². The molecule has 0 N–H and O–H groups in total. The predicted molar refractivity (Wildman–Crippen MR) is 73.6 cm³/mol. The summed E-state index contributed by atoms with van der Waals surface area (Å²) in [5.74, 6) is 0. The normalized spacial score (nSPS) is 11.0. The van der Waals surface area contributed by atoms with Crippen molar-refractivity contribution in [3.8, 4) is 11.3 Å². The van der Waals surface area contributed by atoms with E-state index in [0.29, 0.717) is 16.4 Å². The lowest BCUT2D eigenvalue weighted by molar-refractivity contribution is 0.111. The molecule has 0 bridgehead atoms. The molecule has 0 aliphatic carbocycles. The minimum absolute atomic E-state index is 0.541. The van der Waals surface area contributed by atoms with E-state index < -0.39 is 0 Å². The van der Waals surface area contributed by atoms with Gasteiger partial charge in [-0.1, -0.05) is 23.2 Å². The van der Waals surface area contributed by atoms with Crippen molar-refractivity contribution >= 4 is 34.2 Å². The molecule has 90 valence electrons. The van der Waals surface area contributed by atoms with Crippen LogP contribution in [-0.4, -0.2) is 15.7 Å². The van der Waals surface area contributed by atoms with Crippen molar-refractivity contribution in [3.63, 3.8) is 0 Å². The number of carbonyl (C=O) groups is 1. The van der Waals surface area contributed by atoms with Crippen molar-refractivity contribution in [3.05, 3.63) is 46.1 Å². The lowest BCUT2D eigenvalue weighted by atomic mass is 10.1. The van der Waals surface area contributed by atoms with Gasteiger partial charge in [0, 0.05) is 17.1 Å². The Hall–Kier alpha value is -1.65. The van der Waals surface area contributed by atoms with E-state index in [1.165, 1.54) is 11.3 Å². The van der Waals surface area contributed by atoms with Gasteiger partial charge in [-0.3, -0.25) is 9.20 Å². The smallest absolute Gasteiger partial charge is 0.194 e. The zero-order valence-electron chi connectivity index (χ0n) is 9.55. The van der Waals surface area contributed by atoms with E-state index >= 15 is 0 Å². The molecule has 0 aliphatic rings.